The molecule has 3 fully saturated rings. The number of nitrogens with zero attached hydrogens (tertiary/aromatic N) is 5. The monoisotopic (exact) mass is 565 g/mol. The molecule has 1 saturated heterocycles. The average Bonchev–Trinajstić information content (AvgIpc) is 2.93. The summed E-state index contributed by atoms with van der Waals surface area (Å²) in [6, 6.07) is 0.763. The molecule has 0 atom stereocenters. The maximum atomic E-state index is 11.5. The summed E-state index contributed by atoms with van der Waals surface area (Å²) in [5, 5.41) is 10.9. The molecule has 2 saturated carbocycles. The van der Waals surface area contributed by atoms with E-state index in [-0.39, 0.29) is 11.7 Å². The molecule has 5 N–H and O–H groups in total. The molecule has 1 aromatic rings. The van der Waals surface area contributed by atoms with Crippen LogP contribution in [0.4, 0.5) is 17.8 Å². The quantitative estimate of drug-likeness (QED) is 0.245. The Morgan fingerprint density at radius 3 is 2.26 bits per heavy atom. The molecule has 1 aromatic heterocycles. The Morgan fingerprint density at radius 2 is 1.56 bits per heavy atom. The van der Waals surface area contributed by atoms with Crippen LogP contribution in [0.2, 0.25) is 0 Å². The minimum atomic E-state index is -2.95. The van der Waals surface area contributed by atoms with Gasteiger partial charge in [0, 0.05) is 51.6 Å². The molecule has 2 heterocycles. The molecule has 4 rings (SSSR count). The Bertz CT molecular complexity index is 958. The summed E-state index contributed by atoms with van der Waals surface area (Å²) < 4.78 is 22.9. The molecule has 0 amide bonds. The van der Waals surface area contributed by atoms with Gasteiger partial charge >= 0.3 is 0 Å². The van der Waals surface area contributed by atoms with Gasteiger partial charge in [-0.25, -0.2) is 8.42 Å². The van der Waals surface area contributed by atoms with E-state index in [0.717, 1.165) is 64.3 Å². The van der Waals surface area contributed by atoms with Crippen molar-refractivity contribution in [2.75, 3.05) is 86.9 Å². The highest BCUT2D eigenvalue weighted by molar-refractivity contribution is 7.90. The van der Waals surface area contributed by atoms with Gasteiger partial charge in [0.25, 0.3) is 0 Å². The van der Waals surface area contributed by atoms with Crippen LogP contribution < -0.4 is 26.6 Å². The largest absolute Gasteiger partial charge is 0.368 e. The first-order valence-electron chi connectivity index (χ1n) is 15.2. The van der Waals surface area contributed by atoms with Crippen LogP contribution in [0.5, 0.6) is 0 Å². The fourth-order valence-electron chi connectivity index (χ4n) is 6.08. The lowest BCUT2D eigenvalue weighted by Gasteiger charge is -2.34. The zero-order chi connectivity index (χ0) is 27.5. The van der Waals surface area contributed by atoms with Crippen molar-refractivity contribution in [1.29, 1.82) is 0 Å². The van der Waals surface area contributed by atoms with Gasteiger partial charge in [0.2, 0.25) is 17.8 Å². The number of sulfone groups is 1. The van der Waals surface area contributed by atoms with Crippen molar-refractivity contribution in [1.82, 2.24) is 30.5 Å². The molecule has 222 valence electrons. The number of nitrogens with two attached hydrogens (primary N) is 1. The molecule has 0 radical (unpaired) electrons. The fourth-order valence-corrected chi connectivity index (χ4v) is 6.67. The summed E-state index contributed by atoms with van der Waals surface area (Å²) in [6.07, 6.45) is 14.4. The zero-order valence-electron chi connectivity index (χ0n) is 23.9. The Kier molecular flexibility index (Phi) is 11.8. The van der Waals surface area contributed by atoms with Crippen LogP contribution in [0.15, 0.2) is 0 Å². The molecular formula is C27H51N9O2S. The summed E-state index contributed by atoms with van der Waals surface area (Å²) in [5.74, 6) is 2.96. The SMILES string of the molecule is CS(=O)(=O)CCN1CCN(c2nc(N)nc(NCC3CCC(CNCCCNC4CCCCC4)CC3)n2)CC1. The number of hydrogen-bond acceptors (Lipinski definition) is 11. The first-order chi connectivity index (χ1) is 18.8. The second kappa shape index (κ2) is 15.3. The van der Waals surface area contributed by atoms with Crippen LogP contribution in [0.25, 0.3) is 0 Å². The molecule has 0 bridgehead atoms. The van der Waals surface area contributed by atoms with Crippen LogP contribution in [0.3, 0.4) is 0 Å². The minimum Gasteiger partial charge on any atom is -0.368 e. The van der Waals surface area contributed by atoms with E-state index in [9.17, 15) is 8.42 Å². The summed E-state index contributed by atoms with van der Waals surface area (Å²) in [4.78, 5) is 17.6. The standard InChI is InChI=1S/C27H51N9O2S/c1-39(37,38)19-18-35-14-16-36(17-15-35)27-33-25(28)32-26(34-27)31-21-23-10-8-22(9-11-23)20-29-12-5-13-30-24-6-3-2-4-7-24/h22-24,29-30H,2-21H2,1H3,(H3,28,31,32,33,34). The van der Waals surface area contributed by atoms with Crippen molar-refractivity contribution in [3.05, 3.63) is 0 Å². The molecule has 12 heteroatoms. The average molecular weight is 566 g/mol. The second-order valence-electron chi connectivity index (χ2n) is 11.9. The van der Waals surface area contributed by atoms with E-state index in [0.29, 0.717) is 24.4 Å². The van der Waals surface area contributed by atoms with Crippen LogP contribution in [-0.4, -0.2) is 105 Å². The van der Waals surface area contributed by atoms with Crippen LogP contribution in [0, 0.1) is 11.8 Å². The topological polar surface area (TPSA) is 141 Å². The Balaban J connectivity index is 1.09. The van der Waals surface area contributed by atoms with Crippen LogP contribution in [0.1, 0.15) is 64.2 Å². The predicted molar refractivity (Wildman–Crippen MR) is 159 cm³/mol. The minimum absolute atomic E-state index is 0.191. The molecule has 1 aliphatic heterocycles. The fraction of sp³-hybridized carbons (Fsp3) is 0.889. The third-order valence-electron chi connectivity index (χ3n) is 8.59. The molecule has 0 unspecified atom stereocenters. The van der Waals surface area contributed by atoms with E-state index in [2.05, 4.69) is 40.7 Å². The lowest BCUT2D eigenvalue weighted by molar-refractivity contribution is 0.270. The smallest absolute Gasteiger partial charge is 0.232 e. The van der Waals surface area contributed by atoms with Gasteiger partial charge < -0.3 is 26.6 Å². The van der Waals surface area contributed by atoms with Crippen LogP contribution >= 0.6 is 0 Å². The Labute approximate surface area is 235 Å². The maximum absolute atomic E-state index is 11.5. The van der Waals surface area contributed by atoms with E-state index in [1.54, 1.807) is 0 Å². The first-order valence-corrected chi connectivity index (χ1v) is 17.2. The molecule has 0 aromatic carbocycles. The van der Waals surface area contributed by atoms with Gasteiger partial charge in [-0.3, -0.25) is 4.90 Å². The lowest BCUT2D eigenvalue weighted by atomic mass is 9.82. The second-order valence-corrected chi connectivity index (χ2v) is 14.1. The summed E-state index contributed by atoms with van der Waals surface area (Å²) in [6.45, 7) is 7.84. The highest BCUT2D eigenvalue weighted by atomic mass is 32.2. The van der Waals surface area contributed by atoms with Gasteiger partial charge in [-0.1, -0.05) is 19.3 Å². The van der Waals surface area contributed by atoms with E-state index in [1.807, 2.05) is 0 Å². The lowest BCUT2D eigenvalue weighted by Crippen LogP contribution is -2.48. The zero-order valence-corrected chi connectivity index (χ0v) is 24.7. The molecule has 2 aliphatic carbocycles. The number of aromatic nitrogens is 3. The van der Waals surface area contributed by atoms with Crippen molar-refractivity contribution in [3.63, 3.8) is 0 Å². The molecule has 39 heavy (non-hydrogen) atoms. The van der Waals surface area contributed by atoms with Crippen molar-refractivity contribution < 1.29 is 8.42 Å². The third kappa shape index (κ3) is 11.0. The van der Waals surface area contributed by atoms with Crippen LogP contribution in [-0.2, 0) is 9.84 Å². The number of piperazine rings is 1. The third-order valence-corrected chi connectivity index (χ3v) is 9.52. The van der Waals surface area contributed by atoms with Gasteiger partial charge in [-0.05, 0) is 76.4 Å². The van der Waals surface area contributed by atoms with E-state index in [4.69, 9.17) is 5.73 Å². The summed E-state index contributed by atoms with van der Waals surface area (Å²) in [5.41, 5.74) is 6.01. The van der Waals surface area contributed by atoms with Crippen molar-refractivity contribution in [2.24, 2.45) is 11.8 Å². The van der Waals surface area contributed by atoms with E-state index >= 15 is 0 Å². The highest BCUT2D eigenvalue weighted by Crippen LogP contribution is 2.28. The van der Waals surface area contributed by atoms with E-state index in [1.165, 1.54) is 70.5 Å². The van der Waals surface area contributed by atoms with Crippen molar-refractivity contribution in [3.8, 4) is 0 Å². The molecular weight excluding hydrogens is 514 g/mol. The van der Waals surface area contributed by atoms with Gasteiger partial charge in [0.1, 0.15) is 9.84 Å². The highest BCUT2D eigenvalue weighted by Gasteiger charge is 2.23. The Hall–Kier alpha value is -1.76. The maximum Gasteiger partial charge on any atom is 0.232 e. The van der Waals surface area contributed by atoms with Gasteiger partial charge in [-0.2, -0.15) is 15.0 Å². The molecule has 3 aliphatic rings. The molecule has 0 spiro atoms. The van der Waals surface area contributed by atoms with Crippen molar-refractivity contribution in [2.45, 2.75) is 70.3 Å². The number of anilines is 3. The van der Waals surface area contributed by atoms with Gasteiger partial charge in [0.15, 0.2) is 0 Å². The van der Waals surface area contributed by atoms with Gasteiger partial charge in [-0.15, -0.1) is 0 Å². The molecule has 11 nitrogen and oxygen atoms in total. The normalized spacial score (nSPS) is 23.7. The first kappa shape index (κ1) is 30.2. The van der Waals surface area contributed by atoms with E-state index < -0.39 is 9.84 Å². The number of rotatable bonds is 14. The number of nitrogens with one attached hydrogen (secondary N) is 3. The van der Waals surface area contributed by atoms with Crippen molar-refractivity contribution >= 4 is 27.7 Å². The van der Waals surface area contributed by atoms with Gasteiger partial charge in [0.05, 0.1) is 5.75 Å². The number of hydrogen-bond donors (Lipinski definition) is 4. The summed E-state index contributed by atoms with van der Waals surface area (Å²) >= 11 is 0. The summed E-state index contributed by atoms with van der Waals surface area (Å²) in [7, 11) is -2.95. The predicted octanol–water partition coefficient (Wildman–Crippen LogP) is 1.74. The Morgan fingerprint density at radius 1 is 0.872 bits per heavy atom. The number of nitrogen functional groups attached to an aromatic ring is 1.